The maximum Gasteiger partial charge on any atom is 0.159 e. The van der Waals surface area contributed by atoms with Crippen molar-refractivity contribution >= 4 is 39.0 Å². The standard InChI is InChI=1S/C48H33NO/c1-3-16-34(17-4-1)35-30-32-37(33-31-35)49(46-28-15-26-44-43-25-12-14-29-47(43)50-48(44)46)45-27-13-11-24-42(45)41-23-10-9-22-40(41)39-21-8-7-20-38(39)36-18-5-2-6-19-36/h1-33H. The molecule has 0 bridgehead atoms. The molecular weight excluding hydrogens is 607 g/mol. The highest BCUT2D eigenvalue weighted by Crippen LogP contribution is 2.47. The van der Waals surface area contributed by atoms with Gasteiger partial charge in [-0.15, -0.1) is 0 Å². The molecule has 1 aromatic heterocycles. The van der Waals surface area contributed by atoms with Gasteiger partial charge in [0.15, 0.2) is 5.58 Å². The van der Waals surface area contributed by atoms with Gasteiger partial charge < -0.3 is 9.32 Å². The van der Waals surface area contributed by atoms with Gasteiger partial charge in [0.05, 0.1) is 11.4 Å². The predicted molar refractivity (Wildman–Crippen MR) is 210 cm³/mol. The zero-order valence-electron chi connectivity index (χ0n) is 27.4. The van der Waals surface area contributed by atoms with Gasteiger partial charge >= 0.3 is 0 Å². The first-order chi connectivity index (χ1) is 24.8. The number of furan rings is 1. The fraction of sp³-hybridized carbons (Fsp3) is 0. The number of anilines is 3. The third-order valence-corrected chi connectivity index (χ3v) is 9.52. The van der Waals surface area contributed by atoms with Crippen LogP contribution in [0.5, 0.6) is 0 Å². The second kappa shape index (κ2) is 12.8. The number of fused-ring (bicyclic) bond motifs is 3. The normalized spacial score (nSPS) is 11.2. The van der Waals surface area contributed by atoms with Gasteiger partial charge in [0, 0.05) is 22.0 Å². The van der Waals surface area contributed by atoms with E-state index in [-0.39, 0.29) is 0 Å². The highest BCUT2D eigenvalue weighted by Gasteiger charge is 2.23. The lowest BCUT2D eigenvalue weighted by Gasteiger charge is -2.28. The summed E-state index contributed by atoms with van der Waals surface area (Å²) in [5.74, 6) is 0. The number of rotatable bonds is 7. The summed E-state index contributed by atoms with van der Waals surface area (Å²) in [6.45, 7) is 0. The Hall–Kier alpha value is -6.64. The van der Waals surface area contributed by atoms with E-state index >= 15 is 0 Å². The number of nitrogens with zero attached hydrogens (tertiary/aromatic N) is 1. The van der Waals surface area contributed by atoms with E-state index in [2.05, 4.69) is 193 Å². The van der Waals surface area contributed by atoms with Gasteiger partial charge in [-0.1, -0.05) is 170 Å². The van der Waals surface area contributed by atoms with Gasteiger partial charge in [-0.2, -0.15) is 0 Å². The molecule has 0 fully saturated rings. The molecule has 0 aliphatic rings. The summed E-state index contributed by atoms with van der Waals surface area (Å²) in [6.07, 6.45) is 0. The van der Waals surface area contributed by atoms with Crippen LogP contribution in [0.1, 0.15) is 0 Å². The summed E-state index contributed by atoms with van der Waals surface area (Å²) in [5, 5.41) is 2.21. The van der Waals surface area contributed by atoms with E-state index in [4.69, 9.17) is 4.42 Å². The molecule has 2 heteroatoms. The lowest BCUT2D eigenvalue weighted by Crippen LogP contribution is -2.11. The maximum absolute atomic E-state index is 6.66. The van der Waals surface area contributed by atoms with Crippen LogP contribution in [0.25, 0.3) is 66.4 Å². The van der Waals surface area contributed by atoms with Crippen LogP contribution in [0.4, 0.5) is 17.1 Å². The van der Waals surface area contributed by atoms with Gasteiger partial charge in [-0.25, -0.2) is 0 Å². The monoisotopic (exact) mass is 639 g/mol. The Morgan fingerprint density at radius 1 is 0.300 bits per heavy atom. The highest BCUT2D eigenvalue weighted by atomic mass is 16.3. The zero-order chi connectivity index (χ0) is 33.3. The molecule has 1 heterocycles. The lowest BCUT2D eigenvalue weighted by atomic mass is 9.88. The van der Waals surface area contributed by atoms with Crippen molar-refractivity contribution in [2.45, 2.75) is 0 Å². The fourth-order valence-electron chi connectivity index (χ4n) is 7.19. The number of hydrogen-bond donors (Lipinski definition) is 0. The molecule has 0 N–H and O–H groups in total. The minimum Gasteiger partial charge on any atom is -0.454 e. The second-order valence-corrected chi connectivity index (χ2v) is 12.5. The molecule has 0 radical (unpaired) electrons. The molecule has 0 amide bonds. The summed E-state index contributed by atoms with van der Waals surface area (Å²) in [5.41, 5.74) is 14.3. The van der Waals surface area contributed by atoms with E-state index in [1.54, 1.807) is 0 Å². The van der Waals surface area contributed by atoms with Crippen molar-refractivity contribution in [2.24, 2.45) is 0 Å². The van der Waals surface area contributed by atoms with Crippen molar-refractivity contribution in [2.75, 3.05) is 4.90 Å². The first-order valence-electron chi connectivity index (χ1n) is 17.0. The molecule has 0 aliphatic heterocycles. The molecule has 0 atom stereocenters. The Morgan fingerprint density at radius 2 is 0.780 bits per heavy atom. The Morgan fingerprint density at radius 3 is 1.50 bits per heavy atom. The van der Waals surface area contributed by atoms with Crippen LogP contribution in [0, 0.1) is 0 Å². The minimum atomic E-state index is 0.860. The van der Waals surface area contributed by atoms with Crippen molar-refractivity contribution in [3.63, 3.8) is 0 Å². The summed E-state index contributed by atoms with van der Waals surface area (Å²) in [6, 6.07) is 71.0. The molecule has 0 saturated heterocycles. The van der Waals surface area contributed by atoms with Crippen LogP contribution in [0.3, 0.4) is 0 Å². The predicted octanol–water partition coefficient (Wildman–Crippen LogP) is 13.7. The van der Waals surface area contributed by atoms with Gasteiger partial charge in [0.1, 0.15) is 5.58 Å². The maximum atomic E-state index is 6.66. The summed E-state index contributed by atoms with van der Waals surface area (Å²) < 4.78 is 6.66. The molecule has 2 nitrogen and oxygen atoms in total. The Labute approximate surface area is 292 Å². The number of hydrogen-bond acceptors (Lipinski definition) is 2. The molecule has 9 rings (SSSR count). The third kappa shape index (κ3) is 5.24. The van der Waals surface area contributed by atoms with Gasteiger partial charge in [0.25, 0.3) is 0 Å². The average Bonchev–Trinajstić information content (AvgIpc) is 3.59. The minimum absolute atomic E-state index is 0.860. The molecule has 0 unspecified atom stereocenters. The average molecular weight is 640 g/mol. The summed E-state index contributed by atoms with van der Waals surface area (Å²) in [7, 11) is 0. The first kappa shape index (κ1) is 29.5. The van der Waals surface area contributed by atoms with Crippen LogP contribution in [-0.4, -0.2) is 0 Å². The van der Waals surface area contributed by atoms with Crippen LogP contribution in [0.15, 0.2) is 205 Å². The molecule has 0 spiro atoms. The van der Waals surface area contributed by atoms with Crippen molar-refractivity contribution < 1.29 is 4.42 Å². The van der Waals surface area contributed by atoms with E-state index in [0.29, 0.717) is 0 Å². The van der Waals surface area contributed by atoms with Crippen LogP contribution < -0.4 is 4.90 Å². The molecular formula is C48H33NO. The smallest absolute Gasteiger partial charge is 0.159 e. The first-order valence-corrected chi connectivity index (χ1v) is 17.0. The largest absolute Gasteiger partial charge is 0.454 e. The van der Waals surface area contributed by atoms with Crippen LogP contribution >= 0.6 is 0 Å². The lowest BCUT2D eigenvalue weighted by molar-refractivity contribution is 0.669. The third-order valence-electron chi connectivity index (χ3n) is 9.52. The van der Waals surface area contributed by atoms with Gasteiger partial charge in [-0.05, 0) is 69.3 Å². The van der Waals surface area contributed by atoms with Gasteiger partial charge in [-0.3, -0.25) is 0 Å². The topological polar surface area (TPSA) is 16.4 Å². The van der Waals surface area contributed by atoms with Crippen molar-refractivity contribution in [3.05, 3.63) is 200 Å². The molecule has 0 saturated carbocycles. The fourth-order valence-corrected chi connectivity index (χ4v) is 7.19. The molecule has 9 aromatic rings. The van der Waals surface area contributed by atoms with Gasteiger partial charge in [0.2, 0.25) is 0 Å². The molecule has 50 heavy (non-hydrogen) atoms. The summed E-state index contributed by atoms with van der Waals surface area (Å²) in [4.78, 5) is 2.36. The Kier molecular flexibility index (Phi) is 7.53. The van der Waals surface area contributed by atoms with E-state index in [0.717, 1.165) is 50.1 Å². The quantitative estimate of drug-likeness (QED) is 0.173. The SMILES string of the molecule is c1ccc(-c2ccc(N(c3ccccc3-c3ccccc3-c3ccccc3-c3ccccc3)c3cccc4c3oc3ccccc34)cc2)cc1. The van der Waals surface area contributed by atoms with Crippen LogP contribution in [0.2, 0.25) is 0 Å². The Bertz CT molecular complexity index is 2580. The van der Waals surface area contributed by atoms with Crippen LogP contribution in [-0.2, 0) is 0 Å². The second-order valence-electron chi connectivity index (χ2n) is 12.5. The van der Waals surface area contributed by atoms with E-state index in [1.807, 2.05) is 12.1 Å². The van der Waals surface area contributed by atoms with Crippen molar-refractivity contribution in [1.82, 2.24) is 0 Å². The molecule has 8 aromatic carbocycles. The molecule has 236 valence electrons. The van der Waals surface area contributed by atoms with E-state index in [9.17, 15) is 0 Å². The number of para-hydroxylation sites is 3. The van der Waals surface area contributed by atoms with Crippen molar-refractivity contribution in [3.8, 4) is 44.5 Å². The zero-order valence-corrected chi connectivity index (χ0v) is 27.4. The van der Waals surface area contributed by atoms with E-state index < -0.39 is 0 Å². The Balaban J connectivity index is 1.27. The summed E-state index contributed by atoms with van der Waals surface area (Å²) >= 11 is 0. The number of benzene rings is 8. The van der Waals surface area contributed by atoms with Crippen molar-refractivity contribution in [1.29, 1.82) is 0 Å². The highest BCUT2D eigenvalue weighted by molar-refractivity contribution is 6.11. The van der Waals surface area contributed by atoms with E-state index in [1.165, 1.54) is 33.4 Å². The molecule has 0 aliphatic carbocycles.